The lowest BCUT2D eigenvalue weighted by molar-refractivity contribution is 0.224. The van der Waals surface area contributed by atoms with Crippen LogP contribution in [0.4, 0.5) is 0 Å². The van der Waals surface area contributed by atoms with Crippen LogP contribution in [0, 0.1) is 0 Å². The van der Waals surface area contributed by atoms with Crippen molar-refractivity contribution in [3.63, 3.8) is 0 Å². The molecule has 0 aliphatic carbocycles. The molecule has 0 saturated carbocycles. The third-order valence-corrected chi connectivity index (χ3v) is 4.84. The van der Waals surface area contributed by atoms with E-state index in [0.29, 0.717) is 6.04 Å². The Balaban J connectivity index is 1.33. The van der Waals surface area contributed by atoms with Crippen LogP contribution in [0.15, 0.2) is 48.8 Å². The number of para-hydroxylation sites is 1. The Morgan fingerprint density at radius 2 is 2.04 bits per heavy atom. The van der Waals surface area contributed by atoms with E-state index in [9.17, 15) is 0 Å². The zero-order valence-electron chi connectivity index (χ0n) is 14.3. The van der Waals surface area contributed by atoms with Gasteiger partial charge in [-0.2, -0.15) is 9.78 Å². The molecule has 1 atom stereocenters. The molecule has 3 aromatic rings. The molecule has 2 aromatic heterocycles. The summed E-state index contributed by atoms with van der Waals surface area (Å²) in [5.41, 5.74) is 1.01. The summed E-state index contributed by atoms with van der Waals surface area (Å²) in [6.45, 7) is 3.23. The van der Waals surface area contributed by atoms with E-state index in [-0.39, 0.29) is 0 Å². The van der Waals surface area contributed by atoms with E-state index in [4.69, 9.17) is 0 Å². The van der Waals surface area contributed by atoms with Gasteiger partial charge in [0.05, 0.1) is 12.2 Å². The molecule has 7 nitrogen and oxygen atoms in total. The van der Waals surface area contributed by atoms with Crippen LogP contribution in [-0.2, 0) is 13.0 Å². The van der Waals surface area contributed by atoms with E-state index in [1.165, 1.54) is 19.4 Å². The Kier molecular flexibility index (Phi) is 4.83. The van der Waals surface area contributed by atoms with Crippen molar-refractivity contribution >= 4 is 0 Å². The first-order valence-corrected chi connectivity index (χ1v) is 8.94. The number of tetrazole rings is 1. The summed E-state index contributed by atoms with van der Waals surface area (Å²) in [6, 6.07) is 12.6. The molecule has 0 unspecified atom stereocenters. The van der Waals surface area contributed by atoms with Crippen molar-refractivity contribution in [1.82, 2.24) is 34.9 Å². The average Bonchev–Trinajstić information content (AvgIpc) is 3.39. The lowest BCUT2D eigenvalue weighted by Gasteiger charge is -2.24. The molecular formula is C18H23N7. The second-order valence-electron chi connectivity index (χ2n) is 6.51. The van der Waals surface area contributed by atoms with Gasteiger partial charge in [0, 0.05) is 24.9 Å². The number of hydrogen-bond acceptors (Lipinski definition) is 5. The standard InChI is InChI=1S/C18H23N7/c1-2-7-16(8-3-1)25-18(20-21-22-25)10-5-13-23-12-4-9-17(23)15-24-14-6-11-19-24/h1-3,6-8,11,14,17H,4-5,9-10,12-13,15H2/t17-/m1/s1. The molecule has 0 bridgehead atoms. The molecule has 1 aromatic carbocycles. The fraction of sp³-hybridized carbons (Fsp3) is 0.444. The fourth-order valence-electron chi connectivity index (χ4n) is 3.59. The molecule has 1 fully saturated rings. The molecule has 1 aliphatic heterocycles. The van der Waals surface area contributed by atoms with Gasteiger partial charge in [-0.3, -0.25) is 9.58 Å². The molecule has 0 spiro atoms. The molecule has 0 N–H and O–H groups in total. The van der Waals surface area contributed by atoms with Gasteiger partial charge in [0.1, 0.15) is 0 Å². The molecule has 7 heteroatoms. The van der Waals surface area contributed by atoms with Crippen molar-refractivity contribution in [3.05, 3.63) is 54.6 Å². The predicted molar refractivity (Wildman–Crippen MR) is 94.3 cm³/mol. The topological polar surface area (TPSA) is 64.7 Å². The predicted octanol–water partition coefficient (Wildman–Crippen LogP) is 1.96. The largest absolute Gasteiger partial charge is 0.299 e. The van der Waals surface area contributed by atoms with Crippen LogP contribution >= 0.6 is 0 Å². The van der Waals surface area contributed by atoms with Crippen molar-refractivity contribution in [2.75, 3.05) is 13.1 Å². The number of benzene rings is 1. The Morgan fingerprint density at radius 1 is 1.12 bits per heavy atom. The normalized spacial score (nSPS) is 18.0. The van der Waals surface area contributed by atoms with Gasteiger partial charge in [-0.25, -0.2) is 0 Å². The molecule has 0 amide bonds. The molecule has 3 heterocycles. The third-order valence-electron chi connectivity index (χ3n) is 4.84. The molecule has 130 valence electrons. The maximum atomic E-state index is 4.34. The summed E-state index contributed by atoms with van der Waals surface area (Å²) in [5.74, 6) is 0.925. The van der Waals surface area contributed by atoms with Crippen molar-refractivity contribution in [3.8, 4) is 5.69 Å². The zero-order chi connectivity index (χ0) is 16.9. The van der Waals surface area contributed by atoms with E-state index in [2.05, 4.69) is 25.5 Å². The maximum Gasteiger partial charge on any atom is 0.156 e. The highest BCUT2D eigenvalue weighted by atomic mass is 15.5. The van der Waals surface area contributed by atoms with Crippen LogP contribution in [0.25, 0.3) is 5.69 Å². The van der Waals surface area contributed by atoms with E-state index < -0.39 is 0 Å². The SMILES string of the molecule is c1ccc(-n2nnnc2CCCN2CCC[C@@H]2Cn2cccn2)cc1. The van der Waals surface area contributed by atoms with Gasteiger partial charge in [-0.05, 0) is 61.0 Å². The van der Waals surface area contributed by atoms with Gasteiger partial charge in [-0.15, -0.1) is 5.10 Å². The number of rotatable bonds is 7. The molecule has 1 aliphatic rings. The Bertz CT molecular complexity index is 766. The van der Waals surface area contributed by atoms with Gasteiger partial charge in [0.25, 0.3) is 0 Å². The van der Waals surface area contributed by atoms with Crippen LogP contribution in [0.2, 0.25) is 0 Å². The first kappa shape index (κ1) is 16.0. The molecule has 0 radical (unpaired) electrons. The quantitative estimate of drug-likeness (QED) is 0.659. The van der Waals surface area contributed by atoms with Gasteiger partial charge in [0.2, 0.25) is 0 Å². The minimum Gasteiger partial charge on any atom is -0.299 e. The first-order valence-electron chi connectivity index (χ1n) is 8.94. The summed E-state index contributed by atoms with van der Waals surface area (Å²) in [7, 11) is 0. The van der Waals surface area contributed by atoms with Gasteiger partial charge >= 0.3 is 0 Å². The van der Waals surface area contributed by atoms with Crippen molar-refractivity contribution in [1.29, 1.82) is 0 Å². The van der Waals surface area contributed by atoms with Gasteiger partial charge < -0.3 is 0 Å². The van der Waals surface area contributed by atoms with Crippen molar-refractivity contribution < 1.29 is 0 Å². The molecule has 1 saturated heterocycles. The van der Waals surface area contributed by atoms with Crippen LogP contribution in [0.5, 0.6) is 0 Å². The number of likely N-dealkylation sites (tertiary alicyclic amines) is 1. The highest BCUT2D eigenvalue weighted by Gasteiger charge is 2.24. The van der Waals surface area contributed by atoms with Crippen LogP contribution in [0.1, 0.15) is 25.1 Å². The summed E-state index contributed by atoms with van der Waals surface area (Å²) in [4.78, 5) is 2.58. The number of hydrogen-bond donors (Lipinski definition) is 0. The van der Waals surface area contributed by atoms with Gasteiger partial charge in [0.15, 0.2) is 5.82 Å². The maximum absolute atomic E-state index is 4.34. The summed E-state index contributed by atoms with van der Waals surface area (Å²) < 4.78 is 3.88. The highest BCUT2D eigenvalue weighted by Crippen LogP contribution is 2.19. The Hall–Kier alpha value is -2.54. The average molecular weight is 337 g/mol. The number of nitrogens with zero attached hydrogens (tertiary/aromatic N) is 7. The third kappa shape index (κ3) is 3.76. The molecule has 4 rings (SSSR count). The van der Waals surface area contributed by atoms with Crippen LogP contribution in [-0.4, -0.2) is 54.0 Å². The molecular weight excluding hydrogens is 314 g/mol. The van der Waals surface area contributed by atoms with Crippen molar-refractivity contribution in [2.45, 2.75) is 38.3 Å². The van der Waals surface area contributed by atoms with Gasteiger partial charge in [-0.1, -0.05) is 18.2 Å². The van der Waals surface area contributed by atoms with Crippen LogP contribution < -0.4 is 0 Å². The highest BCUT2D eigenvalue weighted by molar-refractivity contribution is 5.30. The monoisotopic (exact) mass is 337 g/mol. The van der Waals surface area contributed by atoms with Crippen molar-refractivity contribution in [2.24, 2.45) is 0 Å². The van der Waals surface area contributed by atoms with Crippen LogP contribution in [0.3, 0.4) is 0 Å². The number of aromatic nitrogens is 6. The lowest BCUT2D eigenvalue weighted by Crippen LogP contribution is -2.34. The van der Waals surface area contributed by atoms with E-state index in [1.807, 2.05) is 58.2 Å². The smallest absolute Gasteiger partial charge is 0.156 e. The Labute approximate surface area is 147 Å². The first-order chi connectivity index (χ1) is 12.4. The minimum absolute atomic E-state index is 0.588. The summed E-state index contributed by atoms with van der Waals surface area (Å²) in [5, 5.41) is 16.5. The van der Waals surface area contributed by atoms with E-state index in [1.54, 1.807) is 0 Å². The van der Waals surface area contributed by atoms with E-state index in [0.717, 1.165) is 37.4 Å². The Morgan fingerprint density at radius 3 is 2.88 bits per heavy atom. The zero-order valence-corrected chi connectivity index (χ0v) is 14.3. The minimum atomic E-state index is 0.588. The van der Waals surface area contributed by atoms with E-state index >= 15 is 0 Å². The lowest BCUT2D eigenvalue weighted by atomic mass is 10.2. The number of aryl methyl sites for hydroxylation is 1. The summed E-state index contributed by atoms with van der Waals surface area (Å²) >= 11 is 0. The summed E-state index contributed by atoms with van der Waals surface area (Å²) in [6.07, 6.45) is 8.36. The molecule has 25 heavy (non-hydrogen) atoms. The second kappa shape index (κ2) is 7.57. The fourth-order valence-corrected chi connectivity index (χ4v) is 3.59. The second-order valence-corrected chi connectivity index (χ2v) is 6.51.